The molecule has 5 nitrogen and oxygen atoms in total. The highest BCUT2D eigenvalue weighted by Crippen LogP contribution is 2.13. The van der Waals surface area contributed by atoms with Gasteiger partial charge in [0.25, 0.3) is 5.91 Å². The van der Waals surface area contributed by atoms with E-state index in [9.17, 15) is 9.59 Å². The SMILES string of the molecule is CC(C)(C)NC(=O)c1ccc(NC(=O)C2CCCCN2)cc1. The van der Waals surface area contributed by atoms with Crippen LogP contribution in [0.25, 0.3) is 0 Å². The molecular weight excluding hydrogens is 278 g/mol. The Kier molecular flexibility index (Phi) is 5.19. The van der Waals surface area contributed by atoms with Crippen LogP contribution < -0.4 is 16.0 Å². The average molecular weight is 303 g/mol. The van der Waals surface area contributed by atoms with Crippen LogP contribution in [-0.2, 0) is 4.79 Å². The van der Waals surface area contributed by atoms with Crippen molar-refractivity contribution in [2.75, 3.05) is 11.9 Å². The van der Waals surface area contributed by atoms with Gasteiger partial charge in [-0.1, -0.05) is 6.42 Å². The standard InChI is InChI=1S/C17H25N3O2/c1-17(2,3)20-15(21)12-7-9-13(10-8-12)19-16(22)14-6-4-5-11-18-14/h7-10,14,18H,4-6,11H2,1-3H3,(H,19,22)(H,20,21). The number of anilines is 1. The lowest BCUT2D eigenvalue weighted by atomic mass is 10.0. The third-order valence-electron chi connectivity index (χ3n) is 3.53. The molecule has 1 fully saturated rings. The van der Waals surface area contributed by atoms with E-state index >= 15 is 0 Å². The van der Waals surface area contributed by atoms with Crippen LogP contribution in [0.2, 0.25) is 0 Å². The zero-order valence-electron chi connectivity index (χ0n) is 13.5. The molecule has 5 heteroatoms. The van der Waals surface area contributed by atoms with Crippen LogP contribution in [0.15, 0.2) is 24.3 Å². The number of nitrogens with one attached hydrogen (secondary N) is 3. The van der Waals surface area contributed by atoms with Crippen LogP contribution >= 0.6 is 0 Å². The number of carbonyl (C=O) groups is 2. The Bertz CT molecular complexity index is 526. The lowest BCUT2D eigenvalue weighted by Gasteiger charge is -2.22. The summed E-state index contributed by atoms with van der Waals surface area (Å²) in [6, 6.07) is 6.87. The molecule has 1 aromatic rings. The van der Waals surface area contributed by atoms with Gasteiger partial charge < -0.3 is 16.0 Å². The molecule has 1 heterocycles. The van der Waals surface area contributed by atoms with Gasteiger partial charge in [-0.3, -0.25) is 9.59 Å². The monoisotopic (exact) mass is 303 g/mol. The van der Waals surface area contributed by atoms with Crippen molar-refractivity contribution in [2.24, 2.45) is 0 Å². The zero-order valence-corrected chi connectivity index (χ0v) is 13.5. The second-order valence-corrected chi connectivity index (χ2v) is 6.77. The maximum atomic E-state index is 12.1. The van der Waals surface area contributed by atoms with Gasteiger partial charge in [0.2, 0.25) is 5.91 Å². The number of rotatable bonds is 3. The van der Waals surface area contributed by atoms with Crippen molar-refractivity contribution in [3.63, 3.8) is 0 Å². The second-order valence-electron chi connectivity index (χ2n) is 6.77. The molecule has 1 aliphatic heterocycles. The summed E-state index contributed by atoms with van der Waals surface area (Å²) in [5, 5.41) is 9.02. The van der Waals surface area contributed by atoms with Gasteiger partial charge in [-0.2, -0.15) is 0 Å². The fraction of sp³-hybridized carbons (Fsp3) is 0.529. The second kappa shape index (κ2) is 6.92. The molecular formula is C17H25N3O2. The van der Waals surface area contributed by atoms with Crippen molar-refractivity contribution in [1.82, 2.24) is 10.6 Å². The fourth-order valence-electron chi connectivity index (χ4n) is 2.42. The van der Waals surface area contributed by atoms with Gasteiger partial charge in [0.05, 0.1) is 6.04 Å². The topological polar surface area (TPSA) is 70.2 Å². The lowest BCUT2D eigenvalue weighted by Crippen LogP contribution is -2.43. The maximum absolute atomic E-state index is 12.1. The number of carbonyl (C=O) groups excluding carboxylic acids is 2. The molecule has 2 rings (SSSR count). The largest absolute Gasteiger partial charge is 0.347 e. The molecule has 0 aliphatic carbocycles. The summed E-state index contributed by atoms with van der Waals surface area (Å²) >= 11 is 0. The Hall–Kier alpha value is -1.88. The van der Waals surface area contributed by atoms with E-state index in [1.54, 1.807) is 24.3 Å². The van der Waals surface area contributed by atoms with Crippen molar-refractivity contribution in [1.29, 1.82) is 0 Å². The Balaban J connectivity index is 1.94. The predicted octanol–water partition coefficient (Wildman–Crippen LogP) is 2.30. The number of hydrogen-bond acceptors (Lipinski definition) is 3. The molecule has 0 bridgehead atoms. The van der Waals surface area contributed by atoms with Crippen LogP contribution in [0, 0.1) is 0 Å². The minimum absolute atomic E-state index is 0.00778. The normalized spacial score (nSPS) is 18.6. The number of amides is 2. The average Bonchev–Trinajstić information content (AvgIpc) is 2.47. The number of piperidine rings is 1. The van der Waals surface area contributed by atoms with E-state index in [4.69, 9.17) is 0 Å². The summed E-state index contributed by atoms with van der Waals surface area (Å²) < 4.78 is 0. The first-order chi connectivity index (χ1) is 10.3. The number of hydrogen-bond donors (Lipinski definition) is 3. The van der Waals surface area contributed by atoms with Crippen LogP contribution in [0.4, 0.5) is 5.69 Å². The summed E-state index contributed by atoms with van der Waals surface area (Å²) in [6.45, 7) is 6.72. The van der Waals surface area contributed by atoms with Crippen LogP contribution in [0.1, 0.15) is 50.4 Å². The Labute approximate surface area is 131 Å². The molecule has 1 aliphatic rings. The van der Waals surface area contributed by atoms with Crippen molar-refractivity contribution in [2.45, 2.75) is 51.6 Å². The van der Waals surface area contributed by atoms with Crippen molar-refractivity contribution < 1.29 is 9.59 Å². The van der Waals surface area contributed by atoms with Crippen LogP contribution in [-0.4, -0.2) is 29.9 Å². The molecule has 3 N–H and O–H groups in total. The molecule has 0 aromatic heterocycles. The Morgan fingerprint density at radius 2 is 1.82 bits per heavy atom. The van der Waals surface area contributed by atoms with Gasteiger partial charge in [0.1, 0.15) is 0 Å². The van der Waals surface area contributed by atoms with E-state index < -0.39 is 0 Å². The third-order valence-corrected chi connectivity index (χ3v) is 3.53. The first kappa shape index (κ1) is 16.5. The first-order valence-electron chi connectivity index (χ1n) is 7.82. The van der Waals surface area contributed by atoms with E-state index in [0.29, 0.717) is 11.3 Å². The van der Waals surface area contributed by atoms with E-state index in [0.717, 1.165) is 25.8 Å². The molecule has 1 aromatic carbocycles. The minimum Gasteiger partial charge on any atom is -0.347 e. The maximum Gasteiger partial charge on any atom is 0.251 e. The van der Waals surface area contributed by atoms with Gasteiger partial charge in [0, 0.05) is 16.8 Å². The van der Waals surface area contributed by atoms with Crippen LogP contribution in [0.3, 0.4) is 0 Å². The van der Waals surface area contributed by atoms with E-state index in [1.165, 1.54) is 0 Å². The summed E-state index contributed by atoms with van der Waals surface area (Å²) in [5.74, 6) is -0.120. The van der Waals surface area contributed by atoms with E-state index in [-0.39, 0.29) is 23.4 Å². The zero-order chi connectivity index (χ0) is 16.2. The summed E-state index contributed by atoms with van der Waals surface area (Å²) in [5.41, 5.74) is 1.03. The molecule has 22 heavy (non-hydrogen) atoms. The molecule has 2 amide bonds. The minimum atomic E-state index is -0.267. The molecule has 0 spiro atoms. The Morgan fingerprint density at radius 3 is 2.36 bits per heavy atom. The molecule has 0 saturated carbocycles. The highest BCUT2D eigenvalue weighted by Gasteiger charge is 2.20. The molecule has 120 valence electrons. The van der Waals surface area contributed by atoms with Gasteiger partial charge in [-0.25, -0.2) is 0 Å². The highest BCUT2D eigenvalue weighted by molar-refractivity contribution is 5.97. The van der Waals surface area contributed by atoms with Crippen LogP contribution in [0.5, 0.6) is 0 Å². The third kappa shape index (κ3) is 4.84. The van der Waals surface area contributed by atoms with E-state index in [1.807, 2.05) is 20.8 Å². The van der Waals surface area contributed by atoms with Crippen molar-refractivity contribution in [3.8, 4) is 0 Å². The first-order valence-corrected chi connectivity index (χ1v) is 7.82. The number of benzene rings is 1. The molecule has 1 unspecified atom stereocenters. The smallest absolute Gasteiger partial charge is 0.251 e. The lowest BCUT2D eigenvalue weighted by molar-refractivity contribution is -0.118. The Morgan fingerprint density at radius 1 is 1.14 bits per heavy atom. The summed E-state index contributed by atoms with van der Waals surface area (Å²) in [6.07, 6.45) is 3.08. The molecule has 1 atom stereocenters. The van der Waals surface area contributed by atoms with Gasteiger partial charge in [0.15, 0.2) is 0 Å². The van der Waals surface area contributed by atoms with Gasteiger partial charge in [-0.15, -0.1) is 0 Å². The fourth-order valence-corrected chi connectivity index (χ4v) is 2.42. The van der Waals surface area contributed by atoms with E-state index in [2.05, 4.69) is 16.0 Å². The summed E-state index contributed by atoms with van der Waals surface area (Å²) in [7, 11) is 0. The molecule has 1 saturated heterocycles. The quantitative estimate of drug-likeness (QED) is 0.802. The molecule has 0 radical (unpaired) electrons. The van der Waals surface area contributed by atoms with Gasteiger partial charge >= 0.3 is 0 Å². The predicted molar refractivity (Wildman–Crippen MR) is 87.9 cm³/mol. The highest BCUT2D eigenvalue weighted by atomic mass is 16.2. The van der Waals surface area contributed by atoms with Gasteiger partial charge in [-0.05, 0) is 64.4 Å². The van der Waals surface area contributed by atoms with Crippen molar-refractivity contribution >= 4 is 17.5 Å². The van der Waals surface area contributed by atoms with Crippen molar-refractivity contribution in [3.05, 3.63) is 29.8 Å². The summed E-state index contributed by atoms with van der Waals surface area (Å²) in [4.78, 5) is 24.2.